The van der Waals surface area contributed by atoms with E-state index in [1.165, 1.54) is 11.3 Å². The van der Waals surface area contributed by atoms with E-state index < -0.39 is 0 Å². The Labute approximate surface area is 151 Å². The van der Waals surface area contributed by atoms with Crippen LogP contribution < -0.4 is 15.4 Å². The van der Waals surface area contributed by atoms with Gasteiger partial charge >= 0.3 is 6.01 Å². The van der Waals surface area contributed by atoms with Crippen molar-refractivity contribution in [3.63, 3.8) is 0 Å². The van der Waals surface area contributed by atoms with E-state index in [2.05, 4.69) is 33.7 Å². The van der Waals surface area contributed by atoms with Gasteiger partial charge in [-0.25, -0.2) is 0 Å². The van der Waals surface area contributed by atoms with E-state index in [1.54, 1.807) is 12.4 Å². The Kier molecular flexibility index (Phi) is 3.40. The van der Waals surface area contributed by atoms with E-state index in [4.69, 9.17) is 15.5 Å². The average molecular weight is 350 g/mol. The molecule has 2 unspecified atom stereocenters. The summed E-state index contributed by atoms with van der Waals surface area (Å²) in [5, 5.41) is 1.09. The molecule has 0 aromatic carbocycles. The molecular weight excluding hydrogens is 328 g/mol. The van der Waals surface area contributed by atoms with Gasteiger partial charge in [-0.15, -0.1) is 0 Å². The maximum absolute atomic E-state index is 6.12. The number of hydrogen-bond donors (Lipinski definition) is 2. The van der Waals surface area contributed by atoms with Gasteiger partial charge in [-0.2, -0.15) is 9.97 Å². The van der Waals surface area contributed by atoms with Crippen LogP contribution in [0, 0.1) is 18.8 Å². The van der Waals surface area contributed by atoms with E-state index in [1.807, 2.05) is 12.1 Å². The van der Waals surface area contributed by atoms with Crippen molar-refractivity contribution in [1.29, 1.82) is 0 Å². The summed E-state index contributed by atoms with van der Waals surface area (Å²) in [5.74, 6) is 2.75. The zero-order valence-corrected chi connectivity index (χ0v) is 14.9. The van der Waals surface area contributed by atoms with Crippen molar-refractivity contribution in [2.75, 3.05) is 18.0 Å². The third-order valence-electron chi connectivity index (χ3n) is 5.72. The molecule has 134 valence electrons. The highest BCUT2D eigenvalue weighted by atomic mass is 16.5. The number of nitrogens with one attached hydrogen (secondary N) is 1. The highest BCUT2D eigenvalue weighted by Gasteiger charge is 2.54. The van der Waals surface area contributed by atoms with Crippen LogP contribution in [0.2, 0.25) is 0 Å². The van der Waals surface area contributed by atoms with Gasteiger partial charge in [0.15, 0.2) is 0 Å². The molecule has 5 rings (SSSR count). The fourth-order valence-electron chi connectivity index (χ4n) is 4.14. The Morgan fingerprint density at radius 3 is 2.81 bits per heavy atom. The van der Waals surface area contributed by atoms with Crippen LogP contribution in [-0.2, 0) is 6.42 Å². The van der Waals surface area contributed by atoms with Crippen molar-refractivity contribution in [2.24, 2.45) is 17.6 Å². The summed E-state index contributed by atoms with van der Waals surface area (Å²) in [4.78, 5) is 19.2. The van der Waals surface area contributed by atoms with E-state index in [-0.39, 0.29) is 0 Å². The first-order chi connectivity index (χ1) is 12.7. The Balaban J connectivity index is 1.59. The van der Waals surface area contributed by atoms with Gasteiger partial charge < -0.3 is 20.4 Å². The predicted octanol–water partition coefficient (Wildman–Crippen LogP) is 2.41. The van der Waals surface area contributed by atoms with Gasteiger partial charge in [0.05, 0.1) is 11.6 Å². The molecule has 0 amide bonds. The van der Waals surface area contributed by atoms with Crippen molar-refractivity contribution in [3.8, 4) is 11.8 Å². The zero-order valence-electron chi connectivity index (χ0n) is 14.9. The molecule has 2 atom stereocenters. The van der Waals surface area contributed by atoms with Crippen LogP contribution in [0.5, 0.6) is 11.8 Å². The van der Waals surface area contributed by atoms with Crippen molar-refractivity contribution >= 4 is 16.9 Å². The summed E-state index contributed by atoms with van der Waals surface area (Å²) in [5.41, 5.74) is 9.35. The smallest absolute Gasteiger partial charge is 0.326 e. The first-order valence-corrected chi connectivity index (χ1v) is 9.13. The summed E-state index contributed by atoms with van der Waals surface area (Å²) in [6.45, 7) is 6.18. The third-order valence-corrected chi connectivity index (χ3v) is 5.72. The third kappa shape index (κ3) is 2.34. The second kappa shape index (κ2) is 5.67. The van der Waals surface area contributed by atoms with Crippen LogP contribution in [0.15, 0.2) is 24.5 Å². The maximum atomic E-state index is 6.12. The summed E-state index contributed by atoms with van der Waals surface area (Å²) in [7, 11) is 0. The lowest BCUT2D eigenvalue weighted by Crippen LogP contribution is -2.29. The molecule has 3 aromatic rings. The van der Waals surface area contributed by atoms with Crippen LogP contribution >= 0.6 is 0 Å². The topological polar surface area (TPSA) is 92.9 Å². The van der Waals surface area contributed by atoms with Gasteiger partial charge in [0.25, 0.3) is 0 Å². The molecule has 3 N–H and O–H groups in total. The Hall–Kier alpha value is -2.67. The van der Waals surface area contributed by atoms with E-state index in [9.17, 15) is 0 Å². The number of piperidine rings is 1. The minimum absolute atomic E-state index is 0.342. The number of aromatic amines is 1. The van der Waals surface area contributed by atoms with Gasteiger partial charge in [0.2, 0.25) is 0 Å². The number of aryl methyl sites for hydroxylation is 2. The molecule has 1 saturated heterocycles. The molecule has 0 spiro atoms. The minimum atomic E-state index is 0.342. The van der Waals surface area contributed by atoms with Crippen molar-refractivity contribution in [2.45, 2.75) is 26.3 Å². The molecule has 1 aliphatic heterocycles. The fraction of sp³-hybridized carbons (Fsp3) is 0.421. The number of H-pyrrole nitrogens is 1. The van der Waals surface area contributed by atoms with Gasteiger partial charge in [-0.05, 0) is 42.9 Å². The number of hydrogen-bond acceptors (Lipinski definition) is 6. The number of fused-ring (bicyclic) bond motifs is 2. The van der Waals surface area contributed by atoms with Gasteiger partial charge in [0.1, 0.15) is 17.2 Å². The summed E-state index contributed by atoms with van der Waals surface area (Å²) in [6.07, 6.45) is 4.30. The van der Waals surface area contributed by atoms with Gasteiger partial charge in [-0.1, -0.05) is 6.92 Å². The number of nitrogens with zero attached hydrogens (tertiary/aromatic N) is 4. The van der Waals surface area contributed by atoms with Crippen molar-refractivity contribution < 1.29 is 4.74 Å². The van der Waals surface area contributed by atoms with Crippen LogP contribution in [0.3, 0.4) is 0 Å². The summed E-state index contributed by atoms with van der Waals surface area (Å²) >= 11 is 0. The van der Waals surface area contributed by atoms with Crippen LogP contribution in [0.4, 0.5) is 5.82 Å². The van der Waals surface area contributed by atoms with E-state index in [0.717, 1.165) is 36.4 Å². The monoisotopic (exact) mass is 350 g/mol. The second-order valence-corrected chi connectivity index (χ2v) is 7.24. The Morgan fingerprint density at radius 2 is 2.12 bits per heavy atom. The van der Waals surface area contributed by atoms with E-state index >= 15 is 0 Å². The summed E-state index contributed by atoms with van der Waals surface area (Å²) < 4.78 is 5.87. The quantitative estimate of drug-likeness (QED) is 0.750. The van der Waals surface area contributed by atoms with Gasteiger partial charge in [-0.3, -0.25) is 4.98 Å². The first-order valence-electron chi connectivity index (χ1n) is 9.13. The lowest BCUT2D eigenvalue weighted by molar-refractivity contribution is 0.442. The number of pyridine rings is 1. The lowest BCUT2D eigenvalue weighted by atomic mass is 10.1. The molecule has 2 aliphatic rings. The zero-order chi connectivity index (χ0) is 17.8. The van der Waals surface area contributed by atoms with Crippen LogP contribution in [0.1, 0.15) is 18.2 Å². The second-order valence-electron chi connectivity index (χ2n) is 7.24. The molecule has 26 heavy (non-hydrogen) atoms. The molecule has 0 radical (unpaired) electrons. The maximum Gasteiger partial charge on any atom is 0.326 e. The normalized spacial score (nSPS) is 24.1. The van der Waals surface area contributed by atoms with Crippen molar-refractivity contribution in [3.05, 3.63) is 35.8 Å². The minimum Gasteiger partial charge on any atom is -0.423 e. The van der Waals surface area contributed by atoms with Crippen LogP contribution in [-0.4, -0.2) is 39.1 Å². The number of aromatic nitrogens is 4. The predicted molar refractivity (Wildman–Crippen MR) is 99.5 cm³/mol. The van der Waals surface area contributed by atoms with Crippen molar-refractivity contribution in [1.82, 2.24) is 19.9 Å². The number of rotatable bonds is 4. The molecule has 0 bridgehead atoms. The largest absolute Gasteiger partial charge is 0.423 e. The Bertz CT molecular complexity index is 957. The molecular formula is C19H22N6O. The SMILES string of the molecule is CCc1[nH]c2nc(Oc3cccnc3)nc(N3CC4C(N)C4C3)c2c1C. The standard InChI is InChI=1S/C19H22N6O/c1-3-14-10(2)15-17(22-14)23-19(26-11-5-4-6-21-7-11)24-18(15)25-8-12-13(9-25)16(12)20/h4-7,12-13,16H,3,8-9,20H2,1-2H3,(H,22,23,24). The molecule has 7 nitrogen and oxygen atoms in total. The number of nitrogens with two attached hydrogens (primary N) is 1. The van der Waals surface area contributed by atoms with Crippen LogP contribution in [0.25, 0.3) is 11.0 Å². The first kappa shape index (κ1) is 15.6. The van der Waals surface area contributed by atoms with Gasteiger partial charge in [0, 0.05) is 31.0 Å². The highest BCUT2D eigenvalue weighted by molar-refractivity contribution is 5.92. The average Bonchev–Trinajstić information content (AvgIpc) is 3.02. The lowest BCUT2D eigenvalue weighted by Gasteiger charge is -2.21. The molecule has 1 aliphatic carbocycles. The fourth-order valence-corrected chi connectivity index (χ4v) is 4.14. The van der Waals surface area contributed by atoms with E-state index in [0.29, 0.717) is 29.6 Å². The number of anilines is 1. The molecule has 2 fully saturated rings. The summed E-state index contributed by atoms with van der Waals surface area (Å²) in [6, 6.07) is 4.38. The number of ether oxygens (including phenoxy) is 1. The molecule has 7 heteroatoms. The Morgan fingerprint density at radius 1 is 1.31 bits per heavy atom. The molecule has 1 saturated carbocycles. The highest BCUT2D eigenvalue weighted by Crippen LogP contribution is 2.46. The molecule has 3 aromatic heterocycles. The molecule has 4 heterocycles.